The minimum absolute atomic E-state index is 0.0810. The zero-order valence-electron chi connectivity index (χ0n) is 13.2. The van der Waals surface area contributed by atoms with Gasteiger partial charge in [-0.15, -0.1) is 11.3 Å². The van der Waals surface area contributed by atoms with Crippen LogP contribution >= 0.6 is 11.3 Å². The predicted octanol–water partition coefficient (Wildman–Crippen LogP) is 3.91. The van der Waals surface area contributed by atoms with Gasteiger partial charge >= 0.3 is 6.18 Å². The van der Waals surface area contributed by atoms with Gasteiger partial charge in [-0.1, -0.05) is 30.3 Å². The Kier molecular flexibility index (Phi) is 4.71. The second kappa shape index (κ2) is 6.79. The molecule has 0 atom stereocenters. The van der Waals surface area contributed by atoms with Crippen LogP contribution in [-0.2, 0) is 26.1 Å². The van der Waals surface area contributed by atoms with Gasteiger partial charge in [0.1, 0.15) is 11.4 Å². The zero-order valence-corrected chi connectivity index (χ0v) is 14.1. The van der Waals surface area contributed by atoms with Gasteiger partial charge in [-0.3, -0.25) is 9.48 Å². The van der Waals surface area contributed by atoms with E-state index in [0.717, 1.165) is 21.3 Å². The molecule has 0 N–H and O–H groups in total. The third kappa shape index (κ3) is 4.14. The van der Waals surface area contributed by atoms with Crippen molar-refractivity contribution in [1.29, 1.82) is 0 Å². The predicted molar refractivity (Wildman–Crippen MR) is 87.6 cm³/mol. The lowest BCUT2D eigenvalue weighted by Gasteiger charge is -2.04. The number of nitrogens with zero attached hydrogens (tertiary/aromatic N) is 3. The summed E-state index contributed by atoms with van der Waals surface area (Å²) in [7, 11) is 1.21. The number of carbonyl (C=O) groups is 1. The van der Waals surface area contributed by atoms with Crippen molar-refractivity contribution in [2.24, 2.45) is 7.05 Å². The van der Waals surface area contributed by atoms with Crippen molar-refractivity contribution in [3.05, 3.63) is 69.4 Å². The Morgan fingerprint density at radius 1 is 1.24 bits per heavy atom. The van der Waals surface area contributed by atoms with Crippen LogP contribution in [-0.4, -0.2) is 20.5 Å². The molecule has 25 heavy (non-hydrogen) atoms. The van der Waals surface area contributed by atoms with E-state index in [1.807, 2.05) is 30.3 Å². The molecule has 0 saturated heterocycles. The summed E-state index contributed by atoms with van der Waals surface area (Å²) in [6.45, 7) is 0. The number of hydrogen-bond acceptors (Lipinski definition) is 4. The molecular formula is C17H14F3N3OS. The maximum Gasteiger partial charge on any atom is 0.433 e. The van der Waals surface area contributed by atoms with Crippen molar-refractivity contribution in [2.45, 2.75) is 19.0 Å². The van der Waals surface area contributed by atoms with Gasteiger partial charge in [-0.25, -0.2) is 4.98 Å². The van der Waals surface area contributed by atoms with Crippen LogP contribution in [0.3, 0.4) is 0 Å². The van der Waals surface area contributed by atoms with Crippen LogP contribution in [0.25, 0.3) is 0 Å². The molecular weight excluding hydrogens is 351 g/mol. The SMILES string of the molecule is Cn1nc(CC(=O)c2csc(Cc3ccccc3)n2)cc1C(F)(F)F. The Morgan fingerprint density at radius 3 is 2.60 bits per heavy atom. The minimum atomic E-state index is -4.49. The van der Waals surface area contributed by atoms with Crippen molar-refractivity contribution < 1.29 is 18.0 Å². The zero-order chi connectivity index (χ0) is 18.0. The Labute approximate surface area is 145 Å². The molecule has 3 rings (SSSR count). The first-order valence-corrected chi connectivity index (χ1v) is 8.32. The summed E-state index contributed by atoms with van der Waals surface area (Å²) in [5, 5.41) is 6.19. The van der Waals surface area contributed by atoms with Gasteiger partial charge in [-0.2, -0.15) is 18.3 Å². The summed E-state index contributed by atoms with van der Waals surface area (Å²) >= 11 is 1.36. The fraction of sp³-hybridized carbons (Fsp3) is 0.235. The third-order valence-electron chi connectivity index (χ3n) is 3.60. The lowest BCUT2D eigenvalue weighted by molar-refractivity contribution is -0.143. The Bertz CT molecular complexity index is 884. The molecule has 0 aliphatic carbocycles. The van der Waals surface area contributed by atoms with Gasteiger partial charge in [-0.05, 0) is 11.6 Å². The molecule has 0 amide bonds. The first-order chi connectivity index (χ1) is 11.8. The smallest absolute Gasteiger partial charge is 0.292 e. The second-order valence-corrected chi connectivity index (χ2v) is 6.47. The molecule has 0 aliphatic rings. The summed E-state index contributed by atoms with van der Waals surface area (Å²) in [6, 6.07) is 10.6. The van der Waals surface area contributed by atoms with Gasteiger partial charge in [0.25, 0.3) is 0 Å². The Hall–Kier alpha value is -2.48. The summed E-state index contributed by atoms with van der Waals surface area (Å²) in [5.74, 6) is -0.345. The number of Topliss-reactive ketones (excluding diaryl/α,β-unsaturated/α-hetero) is 1. The largest absolute Gasteiger partial charge is 0.433 e. The average Bonchev–Trinajstić information content (AvgIpc) is 3.14. The number of halogens is 3. The van der Waals surface area contributed by atoms with E-state index >= 15 is 0 Å². The minimum Gasteiger partial charge on any atom is -0.292 e. The summed E-state index contributed by atoms with van der Waals surface area (Å²) in [4.78, 5) is 16.6. The molecule has 0 aliphatic heterocycles. The number of rotatable bonds is 5. The monoisotopic (exact) mass is 365 g/mol. The molecule has 0 bridgehead atoms. The molecule has 0 radical (unpaired) electrons. The number of benzene rings is 1. The Balaban J connectivity index is 1.70. The van der Waals surface area contributed by atoms with Crippen molar-refractivity contribution in [3.8, 4) is 0 Å². The van der Waals surface area contributed by atoms with E-state index in [2.05, 4.69) is 10.1 Å². The fourth-order valence-corrected chi connectivity index (χ4v) is 3.26. The van der Waals surface area contributed by atoms with Crippen LogP contribution < -0.4 is 0 Å². The molecule has 2 aromatic heterocycles. The Morgan fingerprint density at radius 2 is 1.96 bits per heavy atom. The molecule has 0 fully saturated rings. The molecule has 0 saturated carbocycles. The maximum atomic E-state index is 12.8. The van der Waals surface area contributed by atoms with Crippen LogP contribution in [0.2, 0.25) is 0 Å². The third-order valence-corrected chi connectivity index (χ3v) is 4.45. The van der Waals surface area contributed by atoms with Crippen LogP contribution in [0, 0.1) is 0 Å². The maximum absolute atomic E-state index is 12.8. The van der Waals surface area contributed by atoms with E-state index in [4.69, 9.17) is 0 Å². The van der Waals surface area contributed by atoms with E-state index in [-0.39, 0.29) is 23.6 Å². The molecule has 130 valence electrons. The van der Waals surface area contributed by atoms with Gasteiger partial charge in [0.2, 0.25) is 0 Å². The van der Waals surface area contributed by atoms with E-state index in [1.165, 1.54) is 18.4 Å². The summed E-state index contributed by atoms with van der Waals surface area (Å²) in [6.07, 6.45) is -4.09. The topological polar surface area (TPSA) is 47.8 Å². The van der Waals surface area contributed by atoms with Gasteiger partial charge in [0.05, 0.1) is 17.1 Å². The number of aromatic nitrogens is 3. The number of hydrogen-bond donors (Lipinski definition) is 0. The summed E-state index contributed by atoms with van der Waals surface area (Å²) < 4.78 is 39.1. The highest BCUT2D eigenvalue weighted by molar-refractivity contribution is 7.09. The first-order valence-electron chi connectivity index (χ1n) is 7.44. The van der Waals surface area contributed by atoms with E-state index < -0.39 is 11.9 Å². The normalized spacial score (nSPS) is 11.7. The molecule has 2 heterocycles. The quantitative estimate of drug-likeness (QED) is 0.644. The van der Waals surface area contributed by atoms with Crippen LogP contribution in [0.1, 0.15) is 32.4 Å². The standard InChI is InChI=1S/C17H14F3N3OS/c1-23-15(17(18,19)20)9-12(22-23)8-14(24)13-10-25-16(21-13)7-11-5-3-2-4-6-11/h2-6,9-10H,7-8H2,1H3. The van der Waals surface area contributed by atoms with E-state index in [0.29, 0.717) is 6.42 Å². The molecule has 8 heteroatoms. The van der Waals surface area contributed by atoms with Crippen molar-refractivity contribution in [3.63, 3.8) is 0 Å². The molecule has 0 spiro atoms. The number of carbonyl (C=O) groups excluding carboxylic acids is 1. The van der Waals surface area contributed by atoms with Crippen LogP contribution in [0.4, 0.5) is 13.2 Å². The first kappa shape index (κ1) is 17.3. The molecule has 3 aromatic rings. The highest BCUT2D eigenvalue weighted by Crippen LogP contribution is 2.29. The average molecular weight is 365 g/mol. The number of thiazole rings is 1. The van der Waals surface area contributed by atoms with Crippen LogP contribution in [0.5, 0.6) is 0 Å². The lowest BCUT2D eigenvalue weighted by Crippen LogP contribution is -2.11. The van der Waals surface area contributed by atoms with Crippen molar-refractivity contribution in [1.82, 2.24) is 14.8 Å². The summed E-state index contributed by atoms with van der Waals surface area (Å²) in [5.41, 5.74) is 0.543. The van der Waals surface area contributed by atoms with Gasteiger partial charge < -0.3 is 0 Å². The van der Waals surface area contributed by atoms with Gasteiger partial charge in [0, 0.05) is 18.8 Å². The number of alkyl halides is 3. The molecule has 4 nitrogen and oxygen atoms in total. The molecule has 0 unspecified atom stereocenters. The molecule has 1 aromatic carbocycles. The highest BCUT2D eigenvalue weighted by Gasteiger charge is 2.35. The van der Waals surface area contributed by atoms with Crippen LogP contribution in [0.15, 0.2) is 41.8 Å². The second-order valence-electron chi connectivity index (χ2n) is 5.53. The van der Waals surface area contributed by atoms with E-state index in [1.54, 1.807) is 5.38 Å². The van der Waals surface area contributed by atoms with Crippen molar-refractivity contribution in [2.75, 3.05) is 0 Å². The van der Waals surface area contributed by atoms with E-state index in [9.17, 15) is 18.0 Å². The van der Waals surface area contributed by atoms with Gasteiger partial charge in [0.15, 0.2) is 5.78 Å². The highest BCUT2D eigenvalue weighted by atomic mass is 32.1. The lowest BCUT2D eigenvalue weighted by atomic mass is 10.1. The fourth-order valence-electron chi connectivity index (χ4n) is 2.42. The van der Waals surface area contributed by atoms with Crippen molar-refractivity contribution >= 4 is 17.1 Å². The number of aryl methyl sites for hydroxylation is 1. The number of ketones is 1.